The Morgan fingerprint density at radius 3 is 2.66 bits per heavy atom. The van der Waals surface area contributed by atoms with Gasteiger partial charge in [-0.15, -0.1) is 0 Å². The lowest BCUT2D eigenvalue weighted by molar-refractivity contribution is 0.110. The van der Waals surface area contributed by atoms with E-state index in [-0.39, 0.29) is 11.9 Å². The van der Waals surface area contributed by atoms with Crippen LogP contribution < -0.4 is 11.2 Å². The van der Waals surface area contributed by atoms with E-state index in [2.05, 4.69) is 57.5 Å². The molecule has 0 aromatic heterocycles. The Balaban J connectivity index is 1.90. The molecular formula is C26H36FN7S. The molecule has 7 nitrogen and oxygen atoms in total. The number of nitrogens with one attached hydrogen (secondary N) is 2. The minimum absolute atomic E-state index is 0.166. The minimum atomic E-state index is -0.275. The molecule has 2 aromatic carbocycles. The Morgan fingerprint density at radius 1 is 1.29 bits per heavy atom. The van der Waals surface area contributed by atoms with Gasteiger partial charge >= 0.3 is 0 Å². The zero-order chi connectivity index (χ0) is 25.4. The lowest BCUT2D eigenvalue weighted by Gasteiger charge is -2.42. The topological polar surface area (TPSA) is 93.1 Å². The van der Waals surface area contributed by atoms with E-state index in [4.69, 9.17) is 11.3 Å². The highest BCUT2D eigenvalue weighted by Crippen LogP contribution is 2.34. The number of aryl methyl sites for hydroxylation is 1. The molecule has 1 saturated heterocycles. The van der Waals surface area contributed by atoms with Gasteiger partial charge in [0, 0.05) is 61.9 Å². The van der Waals surface area contributed by atoms with Crippen molar-refractivity contribution in [3.63, 3.8) is 0 Å². The van der Waals surface area contributed by atoms with E-state index in [1.807, 2.05) is 6.92 Å². The summed E-state index contributed by atoms with van der Waals surface area (Å²) in [5, 5.41) is 16.0. The number of nitrogens with zero attached hydrogens (tertiary/aromatic N) is 4. The van der Waals surface area contributed by atoms with Crippen LogP contribution in [0.1, 0.15) is 43.5 Å². The Kier molecular flexibility index (Phi) is 9.83. The molecule has 1 unspecified atom stereocenters. The second kappa shape index (κ2) is 12.8. The first-order chi connectivity index (χ1) is 16.8. The largest absolute Gasteiger partial charge is 0.355 e. The summed E-state index contributed by atoms with van der Waals surface area (Å²) in [6, 6.07) is 10.6. The van der Waals surface area contributed by atoms with Gasteiger partial charge in [-0.1, -0.05) is 13.8 Å². The van der Waals surface area contributed by atoms with E-state index in [1.165, 1.54) is 23.9 Å². The maximum absolute atomic E-state index is 13.3. The molecule has 1 aliphatic rings. The van der Waals surface area contributed by atoms with Gasteiger partial charge in [0.25, 0.3) is 0 Å². The molecule has 0 amide bonds. The number of anilines is 2. The van der Waals surface area contributed by atoms with Gasteiger partial charge in [0.05, 0.1) is 6.21 Å². The summed E-state index contributed by atoms with van der Waals surface area (Å²) in [6.07, 6.45) is 3.10. The van der Waals surface area contributed by atoms with Gasteiger partial charge in [-0.2, -0.15) is 5.10 Å². The van der Waals surface area contributed by atoms with Gasteiger partial charge in [0.2, 0.25) is 0 Å². The van der Waals surface area contributed by atoms with Crippen molar-refractivity contribution >= 4 is 40.8 Å². The van der Waals surface area contributed by atoms with Gasteiger partial charge in [0.1, 0.15) is 10.9 Å². The summed E-state index contributed by atoms with van der Waals surface area (Å²) < 4.78 is 15.6. The minimum Gasteiger partial charge on any atom is -0.355 e. The van der Waals surface area contributed by atoms with Crippen molar-refractivity contribution < 1.29 is 4.39 Å². The lowest BCUT2D eigenvalue weighted by Crippen LogP contribution is -2.47. The first kappa shape index (κ1) is 26.8. The predicted octanol–water partition coefficient (Wildman–Crippen LogP) is 5.20. The van der Waals surface area contributed by atoms with E-state index in [0.717, 1.165) is 48.7 Å². The number of aliphatic imine (C=N–C) groups is 1. The van der Waals surface area contributed by atoms with E-state index < -0.39 is 0 Å². The smallest absolute Gasteiger partial charge is 0.149 e. The molecule has 0 aliphatic carbocycles. The number of hydrogen-bond acceptors (Lipinski definition) is 8. The zero-order valence-corrected chi connectivity index (χ0v) is 21.8. The summed E-state index contributed by atoms with van der Waals surface area (Å²) in [5.74, 6) is 5.87. The Bertz CT molecular complexity index is 1050. The van der Waals surface area contributed by atoms with Crippen LogP contribution in [0.5, 0.6) is 0 Å². The van der Waals surface area contributed by atoms with Crippen LogP contribution in [0.15, 0.2) is 46.5 Å². The molecule has 0 spiro atoms. The van der Waals surface area contributed by atoms with E-state index in [1.54, 1.807) is 30.3 Å². The highest BCUT2D eigenvalue weighted by Gasteiger charge is 2.31. The van der Waals surface area contributed by atoms with E-state index in [0.29, 0.717) is 17.5 Å². The fraction of sp³-hybridized carbons (Fsp3) is 0.423. The summed E-state index contributed by atoms with van der Waals surface area (Å²) in [7, 11) is 0. The van der Waals surface area contributed by atoms with E-state index in [9.17, 15) is 4.39 Å². The van der Waals surface area contributed by atoms with Gasteiger partial charge in [-0.3, -0.25) is 9.89 Å². The Labute approximate surface area is 212 Å². The first-order valence-electron chi connectivity index (χ1n) is 12.0. The molecule has 3 rings (SSSR count). The molecule has 35 heavy (non-hydrogen) atoms. The summed E-state index contributed by atoms with van der Waals surface area (Å²) in [6.45, 7) is 12.9. The van der Waals surface area contributed by atoms with Crippen molar-refractivity contribution in [2.45, 2.75) is 33.7 Å². The van der Waals surface area contributed by atoms with Gasteiger partial charge in [-0.05, 0) is 79.2 Å². The number of hydrogen-bond donors (Lipinski definition) is 3. The molecule has 1 heterocycles. The highest BCUT2D eigenvalue weighted by atomic mass is 32.2. The quantitative estimate of drug-likeness (QED) is 0.146. The van der Waals surface area contributed by atoms with Gasteiger partial charge < -0.3 is 16.6 Å². The number of benzene rings is 2. The molecular weight excluding hydrogens is 461 g/mol. The number of nitrogens with two attached hydrogens (primary N) is 1. The maximum atomic E-state index is 13.3. The average Bonchev–Trinajstić information content (AvgIpc) is 2.84. The van der Waals surface area contributed by atoms with Crippen LogP contribution in [0.25, 0.3) is 0 Å². The molecule has 1 atom stereocenters. The van der Waals surface area contributed by atoms with Crippen LogP contribution in [-0.4, -0.2) is 59.4 Å². The Hall–Kier alpha value is -2.75. The SMILES string of the molecule is CCN=C/C(=N\N)SN1CCN(CC(C)C)C(c2cc(C=N)c(Nc3ccc(F)cc3)cc2C)C1. The van der Waals surface area contributed by atoms with Crippen molar-refractivity contribution in [2.75, 3.05) is 38.0 Å². The van der Waals surface area contributed by atoms with E-state index >= 15 is 0 Å². The van der Waals surface area contributed by atoms with Crippen LogP contribution in [0.2, 0.25) is 0 Å². The standard InChI is InChI=1S/C26H36FN7S/c1-5-30-15-26(32-29)35-34-11-10-33(16-18(2)3)25(17-34)23-13-20(14-28)24(12-19(23)4)31-22-8-6-21(27)7-9-22/h6-9,12-15,18,25,28,31H,5,10-11,16-17,29H2,1-4H3/b28-14?,30-15?,32-26+. The highest BCUT2D eigenvalue weighted by molar-refractivity contribution is 8.13. The zero-order valence-electron chi connectivity index (χ0n) is 21.0. The molecule has 0 saturated carbocycles. The van der Waals surface area contributed by atoms with Crippen molar-refractivity contribution in [2.24, 2.45) is 21.9 Å². The van der Waals surface area contributed by atoms with Crippen LogP contribution in [0.4, 0.5) is 15.8 Å². The third-order valence-electron chi connectivity index (χ3n) is 5.86. The second-order valence-corrected chi connectivity index (χ2v) is 10.2. The van der Waals surface area contributed by atoms with Crippen molar-refractivity contribution in [3.8, 4) is 0 Å². The summed E-state index contributed by atoms with van der Waals surface area (Å²) in [5.41, 5.74) is 4.76. The Morgan fingerprint density at radius 2 is 2.03 bits per heavy atom. The summed E-state index contributed by atoms with van der Waals surface area (Å²) in [4.78, 5) is 6.81. The van der Waals surface area contributed by atoms with Crippen LogP contribution in [0, 0.1) is 24.1 Å². The molecule has 1 fully saturated rings. The summed E-state index contributed by atoms with van der Waals surface area (Å²) >= 11 is 1.54. The molecule has 188 valence electrons. The second-order valence-electron chi connectivity index (χ2n) is 9.05. The average molecular weight is 498 g/mol. The lowest BCUT2D eigenvalue weighted by atomic mass is 9.94. The van der Waals surface area contributed by atoms with Crippen LogP contribution >= 0.6 is 11.9 Å². The van der Waals surface area contributed by atoms with Gasteiger partial charge in [0.15, 0.2) is 0 Å². The molecule has 0 bridgehead atoms. The normalized spacial score (nSPS) is 17.9. The molecule has 9 heteroatoms. The number of halogens is 1. The van der Waals surface area contributed by atoms with Gasteiger partial charge in [-0.25, -0.2) is 8.70 Å². The fourth-order valence-electron chi connectivity index (χ4n) is 4.26. The fourth-order valence-corrected chi connectivity index (χ4v) is 5.08. The monoisotopic (exact) mass is 497 g/mol. The molecule has 0 radical (unpaired) electrons. The first-order valence-corrected chi connectivity index (χ1v) is 12.7. The number of piperazine rings is 1. The third-order valence-corrected chi connectivity index (χ3v) is 6.85. The third kappa shape index (κ3) is 7.37. The molecule has 2 aromatic rings. The van der Waals surface area contributed by atoms with Crippen LogP contribution in [0.3, 0.4) is 0 Å². The van der Waals surface area contributed by atoms with Crippen molar-refractivity contribution in [1.82, 2.24) is 9.21 Å². The van der Waals surface area contributed by atoms with Crippen LogP contribution in [-0.2, 0) is 0 Å². The maximum Gasteiger partial charge on any atom is 0.149 e. The predicted molar refractivity (Wildman–Crippen MR) is 148 cm³/mol. The van der Waals surface area contributed by atoms with Crippen molar-refractivity contribution in [1.29, 1.82) is 5.41 Å². The van der Waals surface area contributed by atoms with Crippen molar-refractivity contribution in [3.05, 3.63) is 58.9 Å². The molecule has 4 N–H and O–H groups in total. The number of hydrazone groups is 1. The molecule has 1 aliphatic heterocycles. The number of rotatable bonds is 9.